The number of nitrogens with one attached hydrogen (secondary N) is 1. The molecule has 1 aliphatic rings. The second-order valence-electron chi connectivity index (χ2n) is 22.8. The maximum Gasteiger partial charge on any atom is 0.305 e. The van der Waals surface area contributed by atoms with Gasteiger partial charge in [-0.1, -0.05) is 262 Å². The summed E-state index contributed by atoms with van der Waals surface area (Å²) in [7, 11) is 0. The minimum absolute atomic E-state index is 0.00706. The first-order valence-electron chi connectivity index (χ1n) is 32.8. The van der Waals surface area contributed by atoms with Crippen LogP contribution in [0.25, 0.3) is 0 Å². The predicted octanol–water partition coefficient (Wildman–Crippen LogP) is 15.8. The zero-order valence-corrected chi connectivity index (χ0v) is 49.9. The third-order valence-electron chi connectivity index (χ3n) is 15.5. The highest BCUT2D eigenvalue weighted by molar-refractivity contribution is 5.76. The average molecular weight is 1090 g/mol. The highest BCUT2D eigenvalue weighted by Gasteiger charge is 2.44. The Hall–Kier alpha value is -2.12. The van der Waals surface area contributed by atoms with Crippen molar-refractivity contribution in [3.8, 4) is 0 Å². The zero-order valence-electron chi connectivity index (χ0n) is 49.9. The maximum atomic E-state index is 13.0. The molecular formula is C66H123NO10. The van der Waals surface area contributed by atoms with Gasteiger partial charge >= 0.3 is 5.97 Å². The Morgan fingerprint density at radius 2 is 0.844 bits per heavy atom. The fraction of sp³-hybridized carbons (Fsp3) is 0.879. The number of amides is 1. The van der Waals surface area contributed by atoms with E-state index in [1.54, 1.807) is 6.08 Å². The van der Waals surface area contributed by atoms with E-state index >= 15 is 0 Å². The summed E-state index contributed by atoms with van der Waals surface area (Å²) in [6.07, 6.45) is 60.0. The molecule has 1 heterocycles. The van der Waals surface area contributed by atoms with E-state index in [-0.39, 0.29) is 18.5 Å². The van der Waals surface area contributed by atoms with Crippen molar-refractivity contribution >= 4 is 11.9 Å². The van der Waals surface area contributed by atoms with Crippen molar-refractivity contribution < 1.29 is 49.3 Å². The molecule has 0 saturated carbocycles. The van der Waals surface area contributed by atoms with Gasteiger partial charge in [0.25, 0.3) is 0 Å². The summed E-state index contributed by atoms with van der Waals surface area (Å²) in [6, 6.07) is -0.826. The Kier molecular flexibility index (Phi) is 52.8. The normalized spacial score (nSPS) is 18.8. The van der Waals surface area contributed by atoms with Gasteiger partial charge < -0.3 is 45.1 Å². The van der Waals surface area contributed by atoms with E-state index in [0.29, 0.717) is 19.4 Å². The summed E-state index contributed by atoms with van der Waals surface area (Å²) in [5.74, 6) is -0.187. The number of aliphatic hydroxyl groups is 5. The molecule has 7 unspecified atom stereocenters. The van der Waals surface area contributed by atoms with Crippen LogP contribution in [-0.2, 0) is 23.8 Å². The lowest BCUT2D eigenvalue weighted by Crippen LogP contribution is -2.60. The molecule has 0 aromatic heterocycles. The predicted molar refractivity (Wildman–Crippen MR) is 320 cm³/mol. The molecule has 1 fully saturated rings. The SMILES string of the molecule is CCCCC/C=C/CC/C=C/C(O)C(COC1OC(CO)C(O)C(O)C1O)NC(=O)CCCCCCCCCCCCCC/C=C\CCCCCCCCCCCCCCOC(=O)CCCCCCCCCCCCCC. The van der Waals surface area contributed by atoms with Crippen LogP contribution in [0.1, 0.15) is 309 Å². The van der Waals surface area contributed by atoms with Crippen molar-refractivity contribution in [2.24, 2.45) is 0 Å². The molecule has 6 N–H and O–H groups in total. The summed E-state index contributed by atoms with van der Waals surface area (Å²) >= 11 is 0. The van der Waals surface area contributed by atoms with Crippen LogP contribution in [0.5, 0.6) is 0 Å². The Bertz CT molecular complexity index is 1370. The quantitative estimate of drug-likeness (QED) is 0.0195. The molecule has 0 spiro atoms. The molecule has 0 aliphatic carbocycles. The number of esters is 1. The molecule has 0 radical (unpaired) electrons. The summed E-state index contributed by atoms with van der Waals surface area (Å²) < 4.78 is 16.7. The van der Waals surface area contributed by atoms with Gasteiger partial charge in [0, 0.05) is 12.8 Å². The van der Waals surface area contributed by atoms with Gasteiger partial charge in [-0.15, -0.1) is 0 Å². The lowest BCUT2D eigenvalue weighted by Gasteiger charge is -2.40. The van der Waals surface area contributed by atoms with Crippen molar-refractivity contribution in [2.45, 2.75) is 352 Å². The van der Waals surface area contributed by atoms with Crippen LogP contribution in [-0.4, -0.2) is 100 Å². The van der Waals surface area contributed by atoms with Gasteiger partial charge in [-0.2, -0.15) is 0 Å². The van der Waals surface area contributed by atoms with Crippen LogP contribution < -0.4 is 5.32 Å². The number of allylic oxidation sites excluding steroid dienone is 5. The van der Waals surface area contributed by atoms with Crippen LogP contribution >= 0.6 is 0 Å². The summed E-state index contributed by atoms with van der Waals surface area (Å²) in [5, 5.41) is 54.2. The zero-order chi connectivity index (χ0) is 55.9. The summed E-state index contributed by atoms with van der Waals surface area (Å²) in [6.45, 7) is 4.29. The van der Waals surface area contributed by atoms with Gasteiger partial charge in [-0.25, -0.2) is 0 Å². The first-order chi connectivity index (χ1) is 37.7. The van der Waals surface area contributed by atoms with E-state index in [9.17, 15) is 35.1 Å². The number of aliphatic hydroxyl groups excluding tert-OH is 5. The first kappa shape index (κ1) is 72.9. The highest BCUT2D eigenvalue weighted by Crippen LogP contribution is 2.23. The van der Waals surface area contributed by atoms with Gasteiger partial charge in [0.05, 0.1) is 32.0 Å². The lowest BCUT2D eigenvalue weighted by atomic mass is 9.99. The highest BCUT2D eigenvalue weighted by atomic mass is 16.7. The first-order valence-corrected chi connectivity index (χ1v) is 32.8. The average Bonchev–Trinajstić information content (AvgIpc) is 3.43. The molecule has 0 aromatic rings. The molecule has 1 aliphatic heterocycles. The number of rotatable bonds is 57. The number of hydrogen-bond acceptors (Lipinski definition) is 10. The molecule has 1 amide bonds. The maximum absolute atomic E-state index is 13.0. The third kappa shape index (κ3) is 45.2. The van der Waals surface area contributed by atoms with Gasteiger partial charge in [0.1, 0.15) is 24.4 Å². The van der Waals surface area contributed by atoms with Crippen molar-refractivity contribution in [2.75, 3.05) is 19.8 Å². The summed E-state index contributed by atoms with van der Waals surface area (Å²) in [5.41, 5.74) is 0. The van der Waals surface area contributed by atoms with Gasteiger partial charge in [0.15, 0.2) is 6.29 Å². The monoisotopic (exact) mass is 1090 g/mol. The van der Waals surface area contributed by atoms with Gasteiger partial charge in [-0.05, 0) is 70.6 Å². The van der Waals surface area contributed by atoms with Crippen LogP contribution in [0, 0.1) is 0 Å². The molecule has 7 atom stereocenters. The Labute approximate surface area is 473 Å². The minimum Gasteiger partial charge on any atom is -0.466 e. The van der Waals surface area contributed by atoms with Crippen molar-refractivity contribution in [3.05, 3.63) is 36.5 Å². The van der Waals surface area contributed by atoms with E-state index in [1.165, 1.54) is 225 Å². The molecular weight excluding hydrogens is 967 g/mol. The minimum atomic E-state index is -1.58. The van der Waals surface area contributed by atoms with E-state index in [0.717, 1.165) is 57.8 Å². The van der Waals surface area contributed by atoms with Crippen molar-refractivity contribution in [3.63, 3.8) is 0 Å². The smallest absolute Gasteiger partial charge is 0.305 e. The number of unbranched alkanes of at least 4 members (excludes halogenated alkanes) is 39. The summed E-state index contributed by atoms with van der Waals surface area (Å²) in [4.78, 5) is 25.0. The number of carbonyl (C=O) groups excluding carboxylic acids is 2. The van der Waals surface area contributed by atoms with E-state index in [2.05, 4.69) is 43.5 Å². The molecule has 77 heavy (non-hydrogen) atoms. The fourth-order valence-corrected chi connectivity index (χ4v) is 10.3. The Balaban J connectivity index is 1.95. The largest absolute Gasteiger partial charge is 0.466 e. The molecule has 0 aromatic carbocycles. The molecule has 1 rings (SSSR count). The van der Waals surface area contributed by atoms with Crippen molar-refractivity contribution in [1.29, 1.82) is 0 Å². The van der Waals surface area contributed by atoms with Crippen LogP contribution in [0.3, 0.4) is 0 Å². The topological polar surface area (TPSA) is 175 Å². The standard InChI is InChI=1S/C66H123NO10/c1-3-5-7-9-11-13-14-34-38-42-46-50-54-62(71)75-55-51-47-43-39-35-32-30-28-26-24-22-20-18-16-15-17-19-21-23-25-27-29-31-33-37-41-45-49-53-61(70)67-58(59(69)52-48-44-40-36-12-10-8-6-4-2)57-76-66-65(74)64(73)63(72)60(56-68)77-66/h12,15-16,36,48,52,58-60,63-66,68-69,72-74H,3-11,13-14,17-35,37-47,49-51,53-57H2,1-2H3,(H,67,70)/b16-15-,36-12+,52-48+. The fourth-order valence-electron chi connectivity index (χ4n) is 10.3. The third-order valence-corrected chi connectivity index (χ3v) is 15.5. The molecule has 452 valence electrons. The Morgan fingerprint density at radius 1 is 0.468 bits per heavy atom. The molecule has 0 bridgehead atoms. The molecule has 1 saturated heterocycles. The second kappa shape index (κ2) is 55.8. The number of carbonyl (C=O) groups is 2. The second-order valence-corrected chi connectivity index (χ2v) is 22.8. The van der Waals surface area contributed by atoms with E-state index in [1.807, 2.05) is 6.08 Å². The van der Waals surface area contributed by atoms with Crippen LogP contribution in [0.4, 0.5) is 0 Å². The van der Waals surface area contributed by atoms with Gasteiger partial charge in [-0.3, -0.25) is 9.59 Å². The number of ether oxygens (including phenoxy) is 3. The van der Waals surface area contributed by atoms with Gasteiger partial charge in [0.2, 0.25) is 5.91 Å². The van der Waals surface area contributed by atoms with E-state index in [4.69, 9.17) is 14.2 Å². The van der Waals surface area contributed by atoms with Crippen molar-refractivity contribution in [1.82, 2.24) is 5.32 Å². The van der Waals surface area contributed by atoms with Crippen LogP contribution in [0.2, 0.25) is 0 Å². The Morgan fingerprint density at radius 3 is 1.31 bits per heavy atom. The van der Waals surface area contributed by atoms with E-state index < -0.39 is 49.5 Å². The van der Waals surface area contributed by atoms with Crippen LogP contribution in [0.15, 0.2) is 36.5 Å². The lowest BCUT2D eigenvalue weighted by molar-refractivity contribution is -0.302. The number of hydrogen-bond donors (Lipinski definition) is 6. The molecule has 11 nitrogen and oxygen atoms in total. The molecule has 11 heteroatoms.